The molecule has 0 unspecified atom stereocenters. The maximum absolute atomic E-state index is 11.0. The number of aryl methyl sites for hydroxylation is 3. The number of carboxylic acids is 1. The quantitative estimate of drug-likeness (QED) is 0.853. The summed E-state index contributed by atoms with van der Waals surface area (Å²) in [5.74, 6) is 0.388. The lowest BCUT2D eigenvalue weighted by Gasteiger charge is -2.17. The van der Waals surface area contributed by atoms with Crippen LogP contribution < -0.4 is 9.47 Å². The molecule has 0 aliphatic rings. The lowest BCUT2D eigenvalue weighted by Crippen LogP contribution is -2.23. The molecule has 1 N–H and O–H groups in total. The molecule has 0 aliphatic heterocycles. The van der Waals surface area contributed by atoms with E-state index in [0.29, 0.717) is 28.8 Å². The van der Waals surface area contributed by atoms with Crippen LogP contribution in [0.15, 0.2) is 12.1 Å². The maximum atomic E-state index is 11.0. The van der Waals surface area contributed by atoms with Gasteiger partial charge in [0.2, 0.25) is 5.88 Å². The van der Waals surface area contributed by atoms with E-state index in [0.717, 1.165) is 16.8 Å². The summed E-state index contributed by atoms with van der Waals surface area (Å²) in [5.41, 5.74) is 2.60. The zero-order chi connectivity index (χ0) is 18.0. The number of carbonyl (C=O) groups is 1. The third-order valence-electron chi connectivity index (χ3n) is 3.81. The molecule has 0 bridgehead atoms. The summed E-state index contributed by atoms with van der Waals surface area (Å²) in [7, 11) is 1.79. The second kappa shape index (κ2) is 7.13. The summed E-state index contributed by atoms with van der Waals surface area (Å²) in [5, 5.41) is 13.8. The lowest BCUT2D eigenvalue weighted by molar-refractivity contribution is -0.144. The summed E-state index contributed by atoms with van der Waals surface area (Å²) in [6.45, 7) is 7.23. The van der Waals surface area contributed by atoms with Gasteiger partial charge in [-0.1, -0.05) is 18.5 Å². The second-order valence-electron chi connectivity index (χ2n) is 5.58. The number of hydrogen-bond acceptors (Lipinski definition) is 4. The smallest absolute Gasteiger partial charge is 0.344 e. The highest BCUT2D eigenvalue weighted by atomic mass is 35.5. The van der Waals surface area contributed by atoms with Crippen molar-refractivity contribution in [1.29, 1.82) is 0 Å². The highest BCUT2D eigenvalue weighted by molar-refractivity contribution is 6.32. The number of carboxylic acid groups (broad SMARTS) is 1. The normalized spacial score (nSPS) is 12.1. The SMILES string of the molecule is CCc1cc(Cl)c(Oc2c(C)c(C)nn2C)cc1O[C@@H](C)C(=O)O. The van der Waals surface area contributed by atoms with E-state index in [4.69, 9.17) is 26.2 Å². The summed E-state index contributed by atoms with van der Waals surface area (Å²) in [4.78, 5) is 11.0. The Morgan fingerprint density at radius 3 is 2.54 bits per heavy atom. The molecular weight excluding hydrogens is 332 g/mol. The minimum absolute atomic E-state index is 0.396. The molecule has 7 heteroatoms. The molecule has 6 nitrogen and oxygen atoms in total. The fraction of sp³-hybridized carbons (Fsp3) is 0.412. The Morgan fingerprint density at radius 2 is 2.04 bits per heavy atom. The third kappa shape index (κ3) is 3.64. The molecule has 0 radical (unpaired) electrons. The van der Waals surface area contributed by atoms with Gasteiger partial charge in [-0.25, -0.2) is 9.48 Å². The number of aromatic nitrogens is 2. The Labute approximate surface area is 146 Å². The van der Waals surface area contributed by atoms with Crippen molar-refractivity contribution in [2.45, 2.75) is 40.2 Å². The zero-order valence-corrected chi connectivity index (χ0v) is 15.1. The largest absolute Gasteiger partial charge is 0.479 e. The van der Waals surface area contributed by atoms with E-state index in [-0.39, 0.29) is 0 Å². The lowest BCUT2D eigenvalue weighted by atomic mass is 10.1. The van der Waals surface area contributed by atoms with Crippen LogP contribution in [-0.2, 0) is 18.3 Å². The monoisotopic (exact) mass is 352 g/mol. The first-order valence-corrected chi connectivity index (χ1v) is 8.02. The van der Waals surface area contributed by atoms with Crippen LogP contribution in [0.5, 0.6) is 17.4 Å². The first-order chi connectivity index (χ1) is 11.2. The molecule has 130 valence electrons. The van der Waals surface area contributed by atoms with E-state index in [2.05, 4.69) is 5.10 Å². The Bertz CT molecular complexity index is 770. The number of benzene rings is 1. The molecule has 0 amide bonds. The average molecular weight is 353 g/mol. The van der Waals surface area contributed by atoms with E-state index in [9.17, 15) is 4.79 Å². The van der Waals surface area contributed by atoms with E-state index in [1.807, 2.05) is 20.8 Å². The van der Waals surface area contributed by atoms with Crippen LogP contribution in [-0.4, -0.2) is 27.0 Å². The number of rotatable bonds is 6. The Kier molecular flexibility index (Phi) is 5.39. The minimum atomic E-state index is -1.03. The molecule has 1 heterocycles. The van der Waals surface area contributed by atoms with Crippen molar-refractivity contribution >= 4 is 17.6 Å². The molecule has 0 saturated heterocycles. The molecule has 2 rings (SSSR count). The van der Waals surface area contributed by atoms with Crippen LogP contribution in [0.3, 0.4) is 0 Å². The van der Waals surface area contributed by atoms with Gasteiger partial charge in [0, 0.05) is 18.7 Å². The van der Waals surface area contributed by atoms with Crippen LogP contribution in [0.25, 0.3) is 0 Å². The van der Waals surface area contributed by atoms with E-state index < -0.39 is 12.1 Å². The van der Waals surface area contributed by atoms with Gasteiger partial charge in [0.1, 0.15) is 5.75 Å². The topological polar surface area (TPSA) is 73.6 Å². The first-order valence-electron chi connectivity index (χ1n) is 7.64. The fourth-order valence-electron chi connectivity index (χ4n) is 2.27. The molecule has 24 heavy (non-hydrogen) atoms. The van der Waals surface area contributed by atoms with Gasteiger partial charge in [0.15, 0.2) is 11.9 Å². The van der Waals surface area contributed by atoms with Crippen LogP contribution in [0.2, 0.25) is 5.02 Å². The van der Waals surface area contributed by atoms with Crippen molar-refractivity contribution in [3.8, 4) is 17.4 Å². The minimum Gasteiger partial charge on any atom is -0.479 e. The maximum Gasteiger partial charge on any atom is 0.344 e. The summed E-state index contributed by atoms with van der Waals surface area (Å²) >= 11 is 6.31. The van der Waals surface area contributed by atoms with Gasteiger partial charge in [0.25, 0.3) is 0 Å². The summed E-state index contributed by atoms with van der Waals surface area (Å²) in [6, 6.07) is 3.36. The first kappa shape index (κ1) is 18.1. The average Bonchev–Trinajstić information content (AvgIpc) is 2.76. The molecule has 0 fully saturated rings. The van der Waals surface area contributed by atoms with Crippen molar-refractivity contribution in [2.24, 2.45) is 7.05 Å². The number of nitrogens with zero attached hydrogens (tertiary/aromatic N) is 2. The van der Waals surface area contributed by atoms with Crippen LogP contribution in [0.4, 0.5) is 0 Å². The van der Waals surface area contributed by atoms with E-state index in [1.54, 1.807) is 23.9 Å². The van der Waals surface area contributed by atoms with Gasteiger partial charge in [0.05, 0.1) is 10.7 Å². The third-order valence-corrected chi connectivity index (χ3v) is 4.11. The van der Waals surface area contributed by atoms with Crippen molar-refractivity contribution in [2.75, 3.05) is 0 Å². The summed E-state index contributed by atoms with van der Waals surface area (Å²) < 4.78 is 13.1. The summed E-state index contributed by atoms with van der Waals surface area (Å²) in [6.07, 6.45) is -0.309. The van der Waals surface area contributed by atoms with Crippen LogP contribution in [0, 0.1) is 13.8 Å². The highest BCUT2D eigenvalue weighted by Crippen LogP contribution is 2.37. The number of ether oxygens (including phenoxy) is 2. The standard InChI is InChI=1S/C17H21ClN2O4/c1-6-12-7-13(18)15(8-14(12)23-11(4)17(21)22)24-16-9(2)10(3)19-20(16)5/h7-8,11H,6H2,1-5H3,(H,21,22)/t11-/m0/s1. The van der Waals surface area contributed by atoms with Crippen LogP contribution >= 0.6 is 11.6 Å². The Hall–Kier alpha value is -2.21. The fourth-order valence-corrected chi connectivity index (χ4v) is 2.50. The Balaban J connectivity index is 2.41. The second-order valence-corrected chi connectivity index (χ2v) is 5.99. The van der Waals surface area contributed by atoms with Gasteiger partial charge in [-0.3, -0.25) is 0 Å². The highest BCUT2D eigenvalue weighted by Gasteiger charge is 2.19. The molecule has 0 spiro atoms. The zero-order valence-electron chi connectivity index (χ0n) is 14.4. The molecule has 0 aliphatic carbocycles. The molecule has 1 aromatic heterocycles. The van der Waals surface area contributed by atoms with Gasteiger partial charge in [-0.15, -0.1) is 0 Å². The predicted molar refractivity (Wildman–Crippen MR) is 91.3 cm³/mol. The van der Waals surface area contributed by atoms with Gasteiger partial charge >= 0.3 is 5.97 Å². The molecular formula is C17H21ClN2O4. The number of hydrogen-bond donors (Lipinski definition) is 1. The van der Waals surface area contributed by atoms with E-state index in [1.165, 1.54) is 6.92 Å². The van der Waals surface area contributed by atoms with Crippen molar-refractivity contribution < 1.29 is 19.4 Å². The van der Waals surface area contributed by atoms with Gasteiger partial charge in [-0.05, 0) is 38.8 Å². The van der Waals surface area contributed by atoms with Crippen LogP contribution in [0.1, 0.15) is 30.7 Å². The Morgan fingerprint density at radius 1 is 1.38 bits per heavy atom. The molecule has 1 aromatic carbocycles. The van der Waals surface area contributed by atoms with Gasteiger partial charge < -0.3 is 14.6 Å². The predicted octanol–water partition coefficient (Wildman–Crippen LogP) is 3.90. The number of halogens is 1. The molecule has 1 atom stereocenters. The van der Waals surface area contributed by atoms with E-state index >= 15 is 0 Å². The van der Waals surface area contributed by atoms with Crippen molar-refractivity contribution in [3.63, 3.8) is 0 Å². The van der Waals surface area contributed by atoms with Gasteiger partial charge in [-0.2, -0.15) is 5.10 Å². The molecule has 2 aromatic rings. The molecule has 0 saturated carbocycles. The van der Waals surface area contributed by atoms with Crippen molar-refractivity contribution in [1.82, 2.24) is 9.78 Å². The number of aliphatic carboxylic acids is 1. The van der Waals surface area contributed by atoms with Crippen molar-refractivity contribution in [3.05, 3.63) is 34.0 Å².